The molecule has 6 heteroatoms. The lowest BCUT2D eigenvalue weighted by atomic mass is 10.1. The molecule has 0 fully saturated rings. The molecular formula is C12H11ClN4O. The van der Waals surface area contributed by atoms with Crippen molar-refractivity contribution in [1.82, 2.24) is 19.6 Å². The summed E-state index contributed by atoms with van der Waals surface area (Å²) in [7, 11) is 3.52. The second-order valence-corrected chi connectivity index (χ2v) is 4.54. The number of aryl methyl sites for hydroxylation is 2. The van der Waals surface area contributed by atoms with Crippen LogP contribution in [0.5, 0.6) is 0 Å². The van der Waals surface area contributed by atoms with Crippen molar-refractivity contribution >= 4 is 22.5 Å². The molecule has 0 aliphatic rings. The zero-order valence-electron chi connectivity index (χ0n) is 9.94. The molecule has 0 saturated carbocycles. The average molecular weight is 263 g/mol. The molecule has 2 heterocycles. The van der Waals surface area contributed by atoms with Gasteiger partial charge < -0.3 is 0 Å². The highest BCUT2D eigenvalue weighted by Gasteiger charge is 2.13. The molecule has 5 nitrogen and oxygen atoms in total. The van der Waals surface area contributed by atoms with Crippen molar-refractivity contribution in [2.45, 2.75) is 0 Å². The van der Waals surface area contributed by atoms with Gasteiger partial charge in [0.15, 0.2) is 5.15 Å². The van der Waals surface area contributed by atoms with Crippen molar-refractivity contribution in [3.05, 3.63) is 39.8 Å². The molecule has 0 amide bonds. The smallest absolute Gasteiger partial charge is 0.266 e. The summed E-state index contributed by atoms with van der Waals surface area (Å²) in [6, 6.07) is 7.33. The molecule has 92 valence electrons. The minimum Gasteiger partial charge on any atom is -0.295 e. The number of hydrogen-bond donors (Lipinski definition) is 1. The Labute approximate surface area is 108 Å². The monoisotopic (exact) mass is 262 g/mol. The first-order valence-corrected chi connectivity index (χ1v) is 5.83. The second-order valence-electron chi connectivity index (χ2n) is 4.18. The Morgan fingerprint density at radius 1 is 1.33 bits per heavy atom. The van der Waals surface area contributed by atoms with Gasteiger partial charge in [-0.25, -0.2) is 0 Å². The lowest BCUT2D eigenvalue weighted by Gasteiger charge is -2.01. The maximum atomic E-state index is 11.5. The summed E-state index contributed by atoms with van der Waals surface area (Å²) >= 11 is 6.15. The van der Waals surface area contributed by atoms with Crippen molar-refractivity contribution in [3.8, 4) is 11.3 Å². The molecule has 0 aliphatic carbocycles. The van der Waals surface area contributed by atoms with E-state index in [9.17, 15) is 4.79 Å². The first-order valence-electron chi connectivity index (χ1n) is 5.45. The number of hydrogen-bond acceptors (Lipinski definition) is 2. The normalized spacial score (nSPS) is 11.3. The van der Waals surface area contributed by atoms with Gasteiger partial charge in [-0.1, -0.05) is 23.7 Å². The maximum absolute atomic E-state index is 11.5. The zero-order valence-corrected chi connectivity index (χ0v) is 10.7. The van der Waals surface area contributed by atoms with Crippen LogP contribution in [0.25, 0.3) is 22.2 Å². The highest BCUT2D eigenvalue weighted by Crippen LogP contribution is 2.31. The van der Waals surface area contributed by atoms with Gasteiger partial charge in [-0.05, 0) is 6.07 Å². The van der Waals surface area contributed by atoms with Gasteiger partial charge in [0.2, 0.25) is 0 Å². The molecule has 3 aromatic rings. The van der Waals surface area contributed by atoms with Crippen LogP contribution in [0.4, 0.5) is 0 Å². The van der Waals surface area contributed by atoms with Gasteiger partial charge in [-0.15, -0.1) is 0 Å². The number of benzene rings is 1. The van der Waals surface area contributed by atoms with E-state index in [-0.39, 0.29) is 5.56 Å². The number of rotatable bonds is 1. The number of aromatic amines is 1. The SMILES string of the molecule is Cn1[nH]c(-c2cccc3c2c(Cl)nn3C)cc1=O. The molecular weight excluding hydrogens is 252 g/mol. The minimum absolute atomic E-state index is 0.0815. The third kappa shape index (κ3) is 1.48. The van der Waals surface area contributed by atoms with Crippen LogP contribution in [0.15, 0.2) is 29.1 Å². The van der Waals surface area contributed by atoms with Gasteiger partial charge in [-0.2, -0.15) is 5.10 Å². The Balaban J connectivity index is 2.39. The molecule has 0 saturated heterocycles. The lowest BCUT2D eigenvalue weighted by Crippen LogP contribution is -2.09. The van der Waals surface area contributed by atoms with E-state index in [1.165, 1.54) is 4.68 Å². The first kappa shape index (κ1) is 11.1. The Bertz CT molecular complexity index is 796. The maximum Gasteiger partial charge on any atom is 0.266 e. The van der Waals surface area contributed by atoms with Gasteiger partial charge in [0, 0.05) is 31.1 Å². The fourth-order valence-corrected chi connectivity index (χ4v) is 2.42. The third-order valence-electron chi connectivity index (χ3n) is 3.01. The Kier molecular flexibility index (Phi) is 2.31. The van der Waals surface area contributed by atoms with E-state index in [0.29, 0.717) is 5.15 Å². The van der Waals surface area contributed by atoms with Crippen LogP contribution in [0.3, 0.4) is 0 Å². The lowest BCUT2D eigenvalue weighted by molar-refractivity contribution is 0.743. The van der Waals surface area contributed by atoms with Crippen molar-refractivity contribution in [1.29, 1.82) is 0 Å². The molecule has 0 bridgehead atoms. The number of H-pyrrole nitrogens is 1. The summed E-state index contributed by atoms with van der Waals surface area (Å²) in [5.74, 6) is 0. The van der Waals surface area contributed by atoms with Gasteiger partial charge in [0.25, 0.3) is 5.56 Å². The number of nitrogens with one attached hydrogen (secondary N) is 1. The molecule has 0 aliphatic heterocycles. The van der Waals surface area contributed by atoms with Gasteiger partial charge in [0.1, 0.15) is 0 Å². The summed E-state index contributed by atoms with van der Waals surface area (Å²) in [4.78, 5) is 11.5. The Morgan fingerprint density at radius 2 is 2.11 bits per heavy atom. The number of halogens is 1. The summed E-state index contributed by atoms with van der Waals surface area (Å²) in [5.41, 5.74) is 2.47. The number of nitrogens with zero attached hydrogens (tertiary/aromatic N) is 3. The van der Waals surface area contributed by atoms with E-state index in [1.807, 2.05) is 25.2 Å². The standard InChI is InChI=1S/C12H11ClN4O/c1-16-9-5-3-4-7(11(9)12(13)15-16)8-6-10(18)17(2)14-8/h3-6,14H,1-2H3. The first-order chi connectivity index (χ1) is 8.58. The van der Waals surface area contributed by atoms with Crippen LogP contribution in [0, 0.1) is 0 Å². The van der Waals surface area contributed by atoms with Crippen molar-refractivity contribution < 1.29 is 0 Å². The molecule has 0 radical (unpaired) electrons. The highest BCUT2D eigenvalue weighted by atomic mass is 35.5. The number of fused-ring (bicyclic) bond motifs is 1. The van der Waals surface area contributed by atoms with Crippen LogP contribution >= 0.6 is 11.6 Å². The van der Waals surface area contributed by atoms with Crippen LogP contribution in [-0.4, -0.2) is 19.6 Å². The van der Waals surface area contributed by atoms with E-state index in [2.05, 4.69) is 10.2 Å². The van der Waals surface area contributed by atoms with E-state index >= 15 is 0 Å². The average Bonchev–Trinajstić information content (AvgIpc) is 2.82. The summed E-state index contributed by atoms with van der Waals surface area (Å²) in [6.45, 7) is 0. The molecule has 0 unspecified atom stereocenters. The fraction of sp³-hybridized carbons (Fsp3) is 0.167. The van der Waals surface area contributed by atoms with E-state index in [1.54, 1.807) is 17.8 Å². The van der Waals surface area contributed by atoms with Crippen LogP contribution in [0.2, 0.25) is 5.15 Å². The molecule has 1 N–H and O–H groups in total. The number of aromatic nitrogens is 4. The second kappa shape index (κ2) is 3.74. The largest absolute Gasteiger partial charge is 0.295 e. The van der Waals surface area contributed by atoms with Crippen LogP contribution in [0.1, 0.15) is 0 Å². The van der Waals surface area contributed by atoms with Crippen molar-refractivity contribution in [3.63, 3.8) is 0 Å². The third-order valence-corrected chi connectivity index (χ3v) is 3.28. The molecule has 18 heavy (non-hydrogen) atoms. The molecule has 0 spiro atoms. The van der Waals surface area contributed by atoms with Crippen molar-refractivity contribution in [2.75, 3.05) is 0 Å². The summed E-state index contributed by atoms with van der Waals surface area (Å²) in [5, 5.41) is 8.47. The topological polar surface area (TPSA) is 55.6 Å². The van der Waals surface area contributed by atoms with E-state index < -0.39 is 0 Å². The Hall–Kier alpha value is -2.01. The predicted octanol–water partition coefficient (Wildman–Crippen LogP) is 1.92. The van der Waals surface area contributed by atoms with Crippen LogP contribution < -0.4 is 5.56 Å². The molecule has 2 aromatic heterocycles. The zero-order chi connectivity index (χ0) is 12.9. The quantitative estimate of drug-likeness (QED) is 0.728. The summed E-state index contributed by atoms with van der Waals surface area (Å²) < 4.78 is 3.15. The Morgan fingerprint density at radius 3 is 2.78 bits per heavy atom. The van der Waals surface area contributed by atoms with Crippen LogP contribution in [-0.2, 0) is 14.1 Å². The summed E-state index contributed by atoms with van der Waals surface area (Å²) in [6.07, 6.45) is 0. The fourth-order valence-electron chi connectivity index (χ4n) is 2.11. The minimum atomic E-state index is -0.0815. The molecule has 0 atom stereocenters. The predicted molar refractivity (Wildman–Crippen MR) is 70.8 cm³/mol. The van der Waals surface area contributed by atoms with Gasteiger partial charge >= 0.3 is 0 Å². The molecule has 3 rings (SSSR count). The van der Waals surface area contributed by atoms with Crippen molar-refractivity contribution in [2.24, 2.45) is 14.1 Å². The van der Waals surface area contributed by atoms with Gasteiger partial charge in [0.05, 0.1) is 11.2 Å². The molecule has 1 aromatic carbocycles. The highest BCUT2D eigenvalue weighted by molar-refractivity contribution is 6.35. The van der Waals surface area contributed by atoms with E-state index in [4.69, 9.17) is 11.6 Å². The van der Waals surface area contributed by atoms with E-state index in [0.717, 1.165) is 22.2 Å². The van der Waals surface area contributed by atoms with Gasteiger partial charge in [-0.3, -0.25) is 19.3 Å².